The Bertz CT molecular complexity index is 682. The molecule has 0 fully saturated rings. The van der Waals surface area contributed by atoms with E-state index in [9.17, 15) is 39.5 Å². The molecule has 1 radical (unpaired) electrons. The smallest absolute Gasteiger partial charge is 0.221 e. The zero-order valence-electron chi connectivity index (χ0n) is 11.6. The van der Waals surface area contributed by atoms with Crippen molar-refractivity contribution < 1.29 is 39.5 Å². The number of alkyl halides is 12. The van der Waals surface area contributed by atoms with Crippen LogP contribution in [0.25, 0.3) is 0 Å². The lowest BCUT2D eigenvalue weighted by Gasteiger charge is -2.37. The van der Waals surface area contributed by atoms with Gasteiger partial charge < -0.3 is 0 Å². The van der Waals surface area contributed by atoms with Crippen LogP contribution in [0.1, 0.15) is 11.1 Å². The van der Waals surface area contributed by atoms with E-state index in [0.717, 1.165) is 0 Å². The molecule has 1 aromatic rings. The van der Waals surface area contributed by atoms with Gasteiger partial charge in [-0.2, -0.15) is 35.1 Å². The molecule has 26 heavy (non-hydrogen) atoms. The van der Waals surface area contributed by atoms with Crippen LogP contribution in [0.2, 0.25) is 0 Å². The summed E-state index contributed by atoms with van der Waals surface area (Å²) in [7, 11) is 0. The third-order valence-corrected chi connectivity index (χ3v) is 4.92. The SMILES string of the molecule is FC(F)(F)C(F)(F)C(F)(c1cc(I)[c]c(I)c1CC(Cl)(Cl)Cl)C(F)(F)F. The van der Waals surface area contributed by atoms with Gasteiger partial charge in [-0.05, 0) is 56.8 Å². The van der Waals surface area contributed by atoms with E-state index in [2.05, 4.69) is 6.07 Å². The zero-order valence-corrected chi connectivity index (χ0v) is 18.2. The molecule has 14 heteroatoms. The molecular weight excluding hydrogens is 675 g/mol. The van der Waals surface area contributed by atoms with Crippen molar-refractivity contribution in [1.29, 1.82) is 0 Å². The normalized spacial score (nSPS) is 16.5. The molecule has 0 amide bonds. The Hall–Kier alpha value is 0.920. The fourth-order valence-corrected chi connectivity index (χ4v) is 4.19. The summed E-state index contributed by atoms with van der Waals surface area (Å²) >= 11 is 18.8. The summed E-state index contributed by atoms with van der Waals surface area (Å²) in [5.74, 6) is -6.81. The van der Waals surface area contributed by atoms with Crippen molar-refractivity contribution in [1.82, 2.24) is 0 Å². The second kappa shape index (κ2) is 7.63. The minimum Gasteiger partial charge on any atom is -0.221 e. The maximum absolute atomic E-state index is 14.8. The van der Waals surface area contributed by atoms with Gasteiger partial charge in [-0.3, -0.25) is 0 Å². The van der Waals surface area contributed by atoms with Gasteiger partial charge in [-0.25, -0.2) is 4.39 Å². The van der Waals surface area contributed by atoms with Gasteiger partial charge in [-0.1, -0.05) is 34.8 Å². The van der Waals surface area contributed by atoms with Gasteiger partial charge in [-0.15, -0.1) is 0 Å². The van der Waals surface area contributed by atoms with Gasteiger partial charge in [0.2, 0.25) is 0 Å². The van der Waals surface area contributed by atoms with Gasteiger partial charge >= 0.3 is 23.9 Å². The van der Waals surface area contributed by atoms with Crippen molar-refractivity contribution in [3.63, 3.8) is 0 Å². The van der Waals surface area contributed by atoms with Crippen LogP contribution < -0.4 is 0 Å². The van der Waals surface area contributed by atoms with Gasteiger partial charge in [0.1, 0.15) is 0 Å². The molecular formula is C12H3Cl3F9I2. The van der Waals surface area contributed by atoms with E-state index < -0.39 is 48.9 Å². The predicted octanol–water partition coefficient (Wildman–Crippen LogP) is 7.53. The third-order valence-electron chi connectivity index (χ3n) is 3.02. The summed E-state index contributed by atoms with van der Waals surface area (Å²) in [6, 6.07) is 2.52. The van der Waals surface area contributed by atoms with Crippen LogP contribution in [-0.2, 0) is 12.1 Å². The highest BCUT2D eigenvalue weighted by Gasteiger charge is 2.82. The minimum absolute atomic E-state index is 0.168. The van der Waals surface area contributed by atoms with Gasteiger partial charge in [0.15, 0.2) is 3.79 Å². The second-order valence-corrected chi connectivity index (χ2v) is 9.60. The van der Waals surface area contributed by atoms with E-state index >= 15 is 0 Å². The van der Waals surface area contributed by atoms with E-state index in [-0.39, 0.29) is 9.64 Å². The molecule has 0 aliphatic heterocycles. The fourth-order valence-electron chi connectivity index (χ4n) is 1.92. The van der Waals surface area contributed by atoms with Crippen LogP contribution in [0, 0.1) is 13.2 Å². The molecule has 1 rings (SSSR count). The average molecular weight is 678 g/mol. The summed E-state index contributed by atoms with van der Waals surface area (Å²) in [5, 5.41) is 0. The third kappa shape index (κ3) is 4.73. The Morgan fingerprint density at radius 3 is 1.65 bits per heavy atom. The predicted molar refractivity (Wildman–Crippen MR) is 94.5 cm³/mol. The maximum Gasteiger partial charge on any atom is 0.457 e. The minimum atomic E-state index is -6.84. The van der Waals surface area contributed by atoms with Crippen molar-refractivity contribution in [3.8, 4) is 0 Å². The largest absolute Gasteiger partial charge is 0.457 e. The van der Waals surface area contributed by atoms with Gasteiger partial charge in [0.05, 0.1) is 0 Å². The van der Waals surface area contributed by atoms with E-state index in [4.69, 9.17) is 34.8 Å². The van der Waals surface area contributed by atoms with Crippen molar-refractivity contribution in [2.24, 2.45) is 0 Å². The summed E-state index contributed by atoms with van der Waals surface area (Å²) in [5.41, 5.74) is -9.08. The van der Waals surface area contributed by atoms with E-state index in [1.165, 1.54) is 45.2 Å². The second-order valence-electron chi connectivity index (χ2n) is 4.84. The molecule has 0 saturated carbocycles. The van der Waals surface area contributed by atoms with Crippen LogP contribution in [0.5, 0.6) is 0 Å². The van der Waals surface area contributed by atoms with Crippen molar-refractivity contribution in [3.05, 3.63) is 30.4 Å². The standard InChI is InChI=1S/C12H3Cl3F9I2/c13-8(14,15)3-5-6(1-4(25)2-7(5)26)9(16,11(19,20)21)10(17,18)12(22,23)24/h1H,3H2. The van der Waals surface area contributed by atoms with Crippen LogP contribution >= 0.6 is 80.0 Å². The summed E-state index contributed by atoms with van der Waals surface area (Å²) in [6.45, 7) is 0. The number of hydrogen-bond donors (Lipinski definition) is 0. The van der Waals surface area contributed by atoms with Crippen LogP contribution in [-0.4, -0.2) is 22.1 Å². The summed E-state index contributed by atoms with van der Waals surface area (Å²) < 4.78 is 117. The lowest BCUT2D eigenvalue weighted by atomic mass is 9.84. The number of benzene rings is 1. The molecule has 0 saturated heterocycles. The van der Waals surface area contributed by atoms with Crippen LogP contribution in [0.15, 0.2) is 6.07 Å². The van der Waals surface area contributed by atoms with Gasteiger partial charge in [0, 0.05) is 25.2 Å². The molecule has 0 aromatic heterocycles. The highest BCUT2D eigenvalue weighted by molar-refractivity contribution is 14.1. The molecule has 0 aliphatic rings. The van der Waals surface area contributed by atoms with Gasteiger partial charge in [0.25, 0.3) is 0 Å². The molecule has 0 bridgehead atoms. The highest BCUT2D eigenvalue weighted by atomic mass is 127. The topological polar surface area (TPSA) is 0 Å². The summed E-state index contributed by atoms with van der Waals surface area (Å²) in [6.07, 6.45) is -14.5. The lowest BCUT2D eigenvalue weighted by molar-refractivity contribution is -0.389. The van der Waals surface area contributed by atoms with E-state index in [0.29, 0.717) is 0 Å². The Morgan fingerprint density at radius 1 is 0.846 bits per heavy atom. The molecule has 149 valence electrons. The fraction of sp³-hybridized carbons (Fsp3) is 0.500. The first kappa shape index (κ1) is 25.0. The molecule has 1 atom stereocenters. The monoisotopic (exact) mass is 677 g/mol. The average Bonchev–Trinajstić information content (AvgIpc) is 2.36. The molecule has 0 spiro atoms. The van der Waals surface area contributed by atoms with E-state index in [1.54, 1.807) is 0 Å². The molecule has 0 heterocycles. The number of halogens is 14. The Balaban J connectivity index is 3.97. The number of rotatable bonds is 3. The van der Waals surface area contributed by atoms with Crippen LogP contribution in [0.3, 0.4) is 0 Å². The van der Waals surface area contributed by atoms with E-state index in [1.807, 2.05) is 0 Å². The zero-order chi connectivity index (χ0) is 20.9. The quantitative estimate of drug-likeness (QED) is 0.176. The number of hydrogen-bond acceptors (Lipinski definition) is 0. The highest BCUT2D eigenvalue weighted by Crippen LogP contribution is 2.59. The first-order valence-corrected chi connectivity index (χ1v) is 9.22. The molecule has 1 aromatic carbocycles. The maximum atomic E-state index is 14.8. The summed E-state index contributed by atoms with van der Waals surface area (Å²) in [4.78, 5) is 0. The molecule has 0 aliphatic carbocycles. The van der Waals surface area contributed by atoms with Crippen molar-refractivity contribution >= 4 is 80.0 Å². The lowest BCUT2D eigenvalue weighted by Crippen LogP contribution is -2.60. The molecule has 0 N–H and O–H groups in total. The van der Waals surface area contributed by atoms with Crippen LogP contribution in [0.4, 0.5) is 39.5 Å². The van der Waals surface area contributed by atoms with Crippen molar-refractivity contribution in [2.45, 2.75) is 34.2 Å². The first-order valence-electron chi connectivity index (χ1n) is 5.93. The Labute approximate surface area is 183 Å². The van der Waals surface area contributed by atoms with Crippen molar-refractivity contribution in [2.75, 3.05) is 0 Å². The Morgan fingerprint density at radius 2 is 1.31 bits per heavy atom. The first-order chi connectivity index (χ1) is 11.3. The molecule has 0 nitrogen and oxygen atoms in total. The molecule has 1 unspecified atom stereocenters. The Kier molecular flexibility index (Phi) is 7.33.